The zero-order valence-electron chi connectivity index (χ0n) is 10.1. The first-order valence-electron chi connectivity index (χ1n) is 5.48. The van der Waals surface area contributed by atoms with Crippen molar-refractivity contribution in [3.63, 3.8) is 0 Å². The van der Waals surface area contributed by atoms with Crippen LogP contribution >= 0.6 is 11.6 Å². The summed E-state index contributed by atoms with van der Waals surface area (Å²) < 4.78 is 3.41. The maximum Gasteiger partial charge on any atom is 0.158 e. The third kappa shape index (κ3) is 1.41. The van der Waals surface area contributed by atoms with Gasteiger partial charge in [0.1, 0.15) is 5.82 Å². The van der Waals surface area contributed by atoms with Gasteiger partial charge in [0.2, 0.25) is 0 Å². The number of anilines is 1. The molecule has 0 aliphatic carbocycles. The number of hydrogen-bond donors (Lipinski definition) is 1. The van der Waals surface area contributed by atoms with Crippen molar-refractivity contribution < 1.29 is 0 Å². The van der Waals surface area contributed by atoms with Gasteiger partial charge in [0.15, 0.2) is 5.15 Å². The summed E-state index contributed by atoms with van der Waals surface area (Å²) in [4.78, 5) is 0. The highest BCUT2D eigenvalue weighted by Gasteiger charge is 2.15. The molecule has 0 spiro atoms. The SMILES string of the molecule is Cn1ncc(-c2cccc3c(Cl)nn(C)c23)c1N. The molecule has 0 fully saturated rings. The Labute approximate surface area is 109 Å². The quantitative estimate of drug-likeness (QED) is 0.731. The number of aryl methyl sites for hydroxylation is 2. The summed E-state index contributed by atoms with van der Waals surface area (Å²) in [7, 11) is 3.68. The zero-order chi connectivity index (χ0) is 12.9. The minimum absolute atomic E-state index is 0.497. The number of nitrogen functional groups attached to an aromatic ring is 1. The molecule has 3 aromatic rings. The highest BCUT2D eigenvalue weighted by Crippen LogP contribution is 2.34. The van der Waals surface area contributed by atoms with Crippen LogP contribution in [0.25, 0.3) is 22.0 Å². The largest absolute Gasteiger partial charge is 0.383 e. The predicted octanol–water partition coefficient (Wildman–Crippen LogP) is 2.21. The van der Waals surface area contributed by atoms with Crippen molar-refractivity contribution >= 4 is 28.3 Å². The highest BCUT2D eigenvalue weighted by atomic mass is 35.5. The molecule has 92 valence electrons. The predicted molar refractivity (Wildman–Crippen MR) is 72.3 cm³/mol. The molecule has 6 heteroatoms. The van der Waals surface area contributed by atoms with E-state index in [0.717, 1.165) is 22.0 Å². The highest BCUT2D eigenvalue weighted by molar-refractivity contribution is 6.34. The van der Waals surface area contributed by atoms with Crippen LogP contribution in [0.4, 0.5) is 5.82 Å². The van der Waals surface area contributed by atoms with E-state index in [1.807, 2.05) is 32.3 Å². The molecule has 0 bridgehead atoms. The standard InChI is InChI=1S/C12H12ClN5/c1-17-10-7(9-6-15-18(2)12(9)14)4-3-5-8(10)11(13)16-17/h3-6H,14H2,1-2H3. The number of benzene rings is 1. The second-order valence-corrected chi connectivity index (χ2v) is 4.54. The molecular formula is C12H12ClN5. The summed E-state index contributed by atoms with van der Waals surface area (Å²) in [5.74, 6) is 0.625. The van der Waals surface area contributed by atoms with Crippen molar-refractivity contribution in [2.24, 2.45) is 14.1 Å². The van der Waals surface area contributed by atoms with Crippen LogP contribution in [0, 0.1) is 0 Å². The number of halogens is 1. The van der Waals surface area contributed by atoms with Crippen LogP contribution in [0.15, 0.2) is 24.4 Å². The molecule has 0 unspecified atom stereocenters. The first-order valence-corrected chi connectivity index (χ1v) is 5.86. The smallest absolute Gasteiger partial charge is 0.158 e. The lowest BCUT2D eigenvalue weighted by Gasteiger charge is -2.04. The molecule has 0 aliphatic rings. The Morgan fingerprint density at radius 1 is 1.17 bits per heavy atom. The fourth-order valence-electron chi connectivity index (χ4n) is 2.17. The van der Waals surface area contributed by atoms with Crippen molar-refractivity contribution in [3.8, 4) is 11.1 Å². The molecule has 0 saturated carbocycles. The number of hydrogen-bond acceptors (Lipinski definition) is 3. The number of nitrogens with zero attached hydrogens (tertiary/aromatic N) is 4. The van der Waals surface area contributed by atoms with Crippen molar-refractivity contribution in [1.82, 2.24) is 19.6 Å². The van der Waals surface area contributed by atoms with Crippen molar-refractivity contribution in [3.05, 3.63) is 29.5 Å². The van der Waals surface area contributed by atoms with Gasteiger partial charge in [-0.3, -0.25) is 9.36 Å². The van der Waals surface area contributed by atoms with E-state index in [0.29, 0.717) is 11.0 Å². The van der Waals surface area contributed by atoms with E-state index in [4.69, 9.17) is 17.3 Å². The lowest BCUT2D eigenvalue weighted by atomic mass is 10.1. The van der Waals surface area contributed by atoms with Crippen LogP contribution in [-0.2, 0) is 14.1 Å². The Kier molecular flexibility index (Phi) is 2.31. The lowest BCUT2D eigenvalue weighted by Crippen LogP contribution is -1.98. The second kappa shape index (κ2) is 3.74. The van der Waals surface area contributed by atoms with E-state index >= 15 is 0 Å². The van der Waals surface area contributed by atoms with E-state index in [9.17, 15) is 0 Å². The van der Waals surface area contributed by atoms with Crippen LogP contribution in [-0.4, -0.2) is 19.6 Å². The Bertz CT molecular complexity index is 740. The van der Waals surface area contributed by atoms with Crippen LogP contribution in [0.5, 0.6) is 0 Å². The van der Waals surface area contributed by atoms with Gasteiger partial charge in [-0.2, -0.15) is 10.2 Å². The Morgan fingerprint density at radius 3 is 2.61 bits per heavy atom. The maximum atomic E-state index is 6.10. The minimum Gasteiger partial charge on any atom is -0.383 e. The topological polar surface area (TPSA) is 61.7 Å². The zero-order valence-corrected chi connectivity index (χ0v) is 10.8. The van der Waals surface area contributed by atoms with Gasteiger partial charge in [-0.25, -0.2) is 0 Å². The van der Waals surface area contributed by atoms with Gasteiger partial charge in [-0.1, -0.05) is 23.7 Å². The molecule has 18 heavy (non-hydrogen) atoms. The van der Waals surface area contributed by atoms with Gasteiger partial charge in [-0.05, 0) is 6.07 Å². The molecule has 2 aromatic heterocycles. The van der Waals surface area contributed by atoms with Crippen LogP contribution in [0.2, 0.25) is 5.15 Å². The van der Waals surface area contributed by atoms with Gasteiger partial charge >= 0.3 is 0 Å². The third-order valence-corrected chi connectivity index (χ3v) is 3.37. The average molecular weight is 262 g/mol. The number of aromatic nitrogens is 4. The molecule has 0 atom stereocenters. The van der Waals surface area contributed by atoms with Crippen molar-refractivity contribution in [2.45, 2.75) is 0 Å². The van der Waals surface area contributed by atoms with Crippen molar-refractivity contribution in [1.29, 1.82) is 0 Å². The van der Waals surface area contributed by atoms with Gasteiger partial charge < -0.3 is 5.73 Å². The monoisotopic (exact) mass is 261 g/mol. The second-order valence-electron chi connectivity index (χ2n) is 4.18. The summed E-state index contributed by atoms with van der Waals surface area (Å²) in [5, 5.41) is 9.81. The van der Waals surface area contributed by atoms with E-state index in [1.54, 1.807) is 15.6 Å². The van der Waals surface area contributed by atoms with Gasteiger partial charge in [0, 0.05) is 30.6 Å². The fraction of sp³-hybridized carbons (Fsp3) is 0.167. The molecule has 0 radical (unpaired) electrons. The molecule has 2 heterocycles. The van der Waals surface area contributed by atoms with E-state index in [1.165, 1.54) is 0 Å². The summed E-state index contributed by atoms with van der Waals surface area (Å²) >= 11 is 6.10. The molecule has 0 saturated heterocycles. The molecule has 0 amide bonds. The Balaban J connectivity index is 2.39. The van der Waals surface area contributed by atoms with Crippen molar-refractivity contribution in [2.75, 3.05) is 5.73 Å². The van der Waals surface area contributed by atoms with Gasteiger partial charge in [-0.15, -0.1) is 0 Å². The third-order valence-electron chi connectivity index (χ3n) is 3.09. The molecular weight excluding hydrogens is 250 g/mol. The lowest BCUT2D eigenvalue weighted by molar-refractivity contribution is 0.779. The summed E-state index contributed by atoms with van der Waals surface area (Å²) in [6.45, 7) is 0. The molecule has 2 N–H and O–H groups in total. The normalized spacial score (nSPS) is 11.3. The van der Waals surface area contributed by atoms with Gasteiger partial charge in [0.05, 0.1) is 11.7 Å². The molecule has 0 aliphatic heterocycles. The maximum absolute atomic E-state index is 6.10. The first kappa shape index (κ1) is 11.1. The summed E-state index contributed by atoms with van der Waals surface area (Å²) in [6.07, 6.45) is 1.75. The average Bonchev–Trinajstić information content (AvgIpc) is 2.83. The van der Waals surface area contributed by atoms with Crippen LogP contribution in [0.3, 0.4) is 0 Å². The fourth-order valence-corrected chi connectivity index (χ4v) is 2.43. The minimum atomic E-state index is 0.497. The van der Waals surface area contributed by atoms with E-state index < -0.39 is 0 Å². The molecule has 3 rings (SSSR count). The number of nitrogens with two attached hydrogens (primary N) is 1. The number of rotatable bonds is 1. The number of fused-ring (bicyclic) bond motifs is 1. The molecule has 5 nitrogen and oxygen atoms in total. The van der Waals surface area contributed by atoms with Crippen LogP contribution < -0.4 is 5.73 Å². The summed E-state index contributed by atoms with van der Waals surface area (Å²) in [5.41, 5.74) is 8.86. The molecule has 1 aromatic carbocycles. The Morgan fingerprint density at radius 2 is 1.94 bits per heavy atom. The van der Waals surface area contributed by atoms with E-state index in [2.05, 4.69) is 10.2 Å². The van der Waals surface area contributed by atoms with E-state index in [-0.39, 0.29) is 0 Å². The Hall–Kier alpha value is -2.01. The first-order chi connectivity index (χ1) is 8.59. The van der Waals surface area contributed by atoms with Gasteiger partial charge in [0.25, 0.3) is 0 Å². The van der Waals surface area contributed by atoms with Crippen LogP contribution in [0.1, 0.15) is 0 Å². The summed E-state index contributed by atoms with van der Waals surface area (Å²) in [6, 6.07) is 5.88. The number of para-hydroxylation sites is 1.